The van der Waals surface area contributed by atoms with Gasteiger partial charge in [-0.1, -0.05) is 0 Å². The Hall–Kier alpha value is -2.16. The van der Waals surface area contributed by atoms with Crippen molar-refractivity contribution in [1.29, 1.82) is 0 Å². The van der Waals surface area contributed by atoms with Gasteiger partial charge in [0.05, 0.1) is 5.56 Å². The second-order valence-electron chi connectivity index (χ2n) is 3.93. The minimum absolute atomic E-state index is 0.246. The van der Waals surface area contributed by atoms with Crippen molar-refractivity contribution in [2.75, 3.05) is 13.1 Å². The van der Waals surface area contributed by atoms with Gasteiger partial charge in [-0.15, -0.1) is 0 Å². The molecule has 0 amide bonds. The number of hydrogen-bond acceptors (Lipinski definition) is 4. The number of aromatic nitrogens is 1. The van der Waals surface area contributed by atoms with Crippen LogP contribution in [0.25, 0.3) is 0 Å². The van der Waals surface area contributed by atoms with Crippen LogP contribution in [-0.2, 0) is 4.79 Å². The second kappa shape index (κ2) is 6.33. The van der Waals surface area contributed by atoms with E-state index in [1.54, 1.807) is 12.1 Å². The first-order chi connectivity index (χ1) is 9.21. The summed E-state index contributed by atoms with van der Waals surface area (Å²) in [6, 6.07) is 3.39. The second-order valence-corrected chi connectivity index (χ2v) is 3.93. The summed E-state index contributed by atoms with van der Waals surface area (Å²) in [5.41, 5.74) is 1.22. The summed E-state index contributed by atoms with van der Waals surface area (Å²) in [7, 11) is 0. The highest BCUT2D eigenvalue weighted by Crippen LogP contribution is 2.17. The fourth-order valence-electron chi connectivity index (χ4n) is 1.27. The van der Waals surface area contributed by atoms with Crippen molar-refractivity contribution in [2.45, 2.75) is 12.1 Å². The van der Waals surface area contributed by atoms with Crippen LogP contribution in [0, 0.1) is 0 Å². The number of alkyl halides is 3. The first-order valence-corrected chi connectivity index (χ1v) is 5.42. The molecule has 9 heteroatoms. The van der Waals surface area contributed by atoms with Gasteiger partial charge >= 0.3 is 18.1 Å². The molecule has 0 bridgehead atoms. The number of aromatic carboxylic acids is 1. The van der Waals surface area contributed by atoms with E-state index in [1.807, 2.05) is 0 Å². The van der Waals surface area contributed by atoms with Gasteiger partial charge in [0.25, 0.3) is 0 Å². The zero-order valence-electron chi connectivity index (χ0n) is 10.0. The first kappa shape index (κ1) is 15.9. The molecule has 110 valence electrons. The lowest BCUT2D eigenvalue weighted by Gasteiger charge is -2.26. The van der Waals surface area contributed by atoms with Crippen LogP contribution in [0.5, 0.6) is 0 Å². The van der Waals surface area contributed by atoms with Gasteiger partial charge in [0.15, 0.2) is 0 Å². The van der Waals surface area contributed by atoms with Crippen molar-refractivity contribution in [3.05, 3.63) is 29.6 Å². The van der Waals surface area contributed by atoms with Crippen molar-refractivity contribution >= 4 is 11.9 Å². The minimum atomic E-state index is -5.08. The number of hydrogen-bond donors (Lipinski definition) is 3. The lowest BCUT2D eigenvalue weighted by molar-refractivity contribution is -0.192. The van der Waals surface area contributed by atoms with E-state index >= 15 is 0 Å². The van der Waals surface area contributed by atoms with Gasteiger partial charge in [-0.2, -0.15) is 13.2 Å². The standard InChI is InChI=1S/C9H10N2O2.C2HF3O2/c12-9(13)6-1-2-8(11-5-6)7-3-10-4-7;3-2(4,5)1(6)7/h1-2,5,7,10H,3-4H2,(H,12,13);(H,6,7). The number of pyridine rings is 1. The molecule has 0 spiro atoms. The van der Waals surface area contributed by atoms with Crippen LogP contribution in [0.15, 0.2) is 18.3 Å². The van der Waals surface area contributed by atoms with Crippen molar-refractivity contribution in [1.82, 2.24) is 10.3 Å². The average molecular weight is 292 g/mol. The van der Waals surface area contributed by atoms with Crippen molar-refractivity contribution in [3.63, 3.8) is 0 Å². The number of rotatable bonds is 2. The fourth-order valence-corrected chi connectivity index (χ4v) is 1.27. The summed E-state index contributed by atoms with van der Waals surface area (Å²) in [6.07, 6.45) is -3.67. The van der Waals surface area contributed by atoms with E-state index in [0.29, 0.717) is 5.92 Å². The van der Waals surface area contributed by atoms with Crippen LogP contribution < -0.4 is 5.32 Å². The SMILES string of the molecule is O=C(O)C(F)(F)F.O=C(O)c1ccc(C2CNC2)nc1. The molecule has 6 nitrogen and oxygen atoms in total. The highest BCUT2D eigenvalue weighted by atomic mass is 19.4. The molecule has 1 saturated heterocycles. The Balaban J connectivity index is 0.000000246. The Labute approximate surface area is 111 Å². The molecule has 0 unspecified atom stereocenters. The maximum atomic E-state index is 10.6. The molecule has 0 aromatic carbocycles. The van der Waals surface area contributed by atoms with E-state index in [9.17, 15) is 18.0 Å². The Morgan fingerprint density at radius 2 is 1.80 bits per heavy atom. The van der Waals surface area contributed by atoms with E-state index in [-0.39, 0.29) is 5.56 Å². The topological polar surface area (TPSA) is 99.5 Å². The Kier molecular flexibility index (Phi) is 5.03. The highest BCUT2D eigenvalue weighted by Gasteiger charge is 2.38. The van der Waals surface area contributed by atoms with Crippen molar-refractivity contribution in [3.8, 4) is 0 Å². The fraction of sp³-hybridized carbons (Fsp3) is 0.364. The molecule has 0 radical (unpaired) electrons. The monoisotopic (exact) mass is 292 g/mol. The lowest BCUT2D eigenvalue weighted by atomic mass is 9.98. The molecular formula is C11H11F3N2O4. The molecule has 1 aromatic heterocycles. The molecule has 0 saturated carbocycles. The largest absolute Gasteiger partial charge is 0.490 e. The normalized spacial score (nSPS) is 14.8. The zero-order valence-corrected chi connectivity index (χ0v) is 10.0. The van der Waals surface area contributed by atoms with E-state index in [4.69, 9.17) is 15.0 Å². The predicted octanol–water partition coefficient (Wildman–Crippen LogP) is 1.10. The summed E-state index contributed by atoms with van der Waals surface area (Å²) in [6.45, 7) is 1.89. The van der Waals surface area contributed by atoms with Crippen molar-refractivity contribution < 1.29 is 33.0 Å². The first-order valence-electron chi connectivity index (χ1n) is 5.42. The zero-order chi connectivity index (χ0) is 15.3. The van der Waals surface area contributed by atoms with E-state index < -0.39 is 18.1 Å². The maximum Gasteiger partial charge on any atom is 0.490 e. The number of nitrogens with one attached hydrogen (secondary N) is 1. The van der Waals surface area contributed by atoms with Gasteiger partial charge in [0, 0.05) is 30.9 Å². The smallest absolute Gasteiger partial charge is 0.478 e. The predicted molar refractivity (Wildman–Crippen MR) is 60.5 cm³/mol. The van der Waals surface area contributed by atoms with Gasteiger partial charge < -0.3 is 15.5 Å². The van der Waals surface area contributed by atoms with Crippen LogP contribution in [0.2, 0.25) is 0 Å². The number of nitrogens with zero attached hydrogens (tertiary/aromatic N) is 1. The number of halogens is 3. The molecule has 1 aromatic rings. The van der Waals surface area contributed by atoms with E-state index in [1.165, 1.54) is 6.20 Å². The Bertz CT molecular complexity index is 483. The molecule has 1 aliphatic rings. The van der Waals surface area contributed by atoms with Crippen LogP contribution >= 0.6 is 0 Å². The Morgan fingerprint density at radius 3 is 2.05 bits per heavy atom. The van der Waals surface area contributed by atoms with Gasteiger partial charge in [0.1, 0.15) is 0 Å². The third-order valence-electron chi connectivity index (χ3n) is 2.48. The van der Waals surface area contributed by atoms with Gasteiger partial charge in [-0.05, 0) is 12.1 Å². The van der Waals surface area contributed by atoms with Crippen molar-refractivity contribution in [2.24, 2.45) is 0 Å². The third kappa shape index (κ3) is 4.50. The molecule has 0 aliphatic carbocycles. The van der Waals surface area contributed by atoms with Crippen LogP contribution in [-0.4, -0.2) is 46.4 Å². The summed E-state index contributed by atoms with van der Waals surface area (Å²) in [5, 5.41) is 18.9. The Morgan fingerprint density at radius 1 is 1.25 bits per heavy atom. The van der Waals surface area contributed by atoms with Gasteiger partial charge in [-0.25, -0.2) is 9.59 Å². The van der Waals surface area contributed by atoms with Crippen LogP contribution in [0.1, 0.15) is 22.0 Å². The summed E-state index contributed by atoms with van der Waals surface area (Å²) < 4.78 is 31.7. The number of carboxylic acids is 2. The summed E-state index contributed by atoms with van der Waals surface area (Å²) >= 11 is 0. The van der Waals surface area contributed by atoms with E-state index in [2.05, 4.69) is 10.3 Å². The average Bonchev–Trinajstić information content (AvgIpc) is 2.27. The molecule has 0 atom stereocenters. The molecular weight excluding hydrogens is 281 g/mol. The third-order valence-corrected chi connectivity index (χ3v) is 2.48. The maximum absolute atomic E-state index is 10.6. The lowest BCUT2D eigenvalue weighted by Crippen LogP contribution is -2.40. The molecule has 20 heavy (non-hydrogen) atoms. The van der Waals surface area contributed by atoms with Gasteiger partial charge in [-0.3, -0.25) is 4.98 Å². The number of carbonyl (C=O) groups is 2. The molecule has 1 fully saturated rings. The summed E-state index contributed by atoms with van der Waals surface area (Å²) in [4.78, 5) is 23.5. The van der Waals surface area contributed by atoms with Crippen LogP contribution in [0.3, 0.4) is 0 Å². The highest BCUT2D eigenvalue weighted by molar-refractivity contribution is 5.87. The van der Waals surface area contributed by atoms with Crippen LogP contribution in [0.4, 0.5) is 13.2 Å². The number of aliphatic carboxylic acids is 1. The molecule has 3 N–H and O–H groups in total. The van der Waals surface area contributed by atoms with E-state index in [0.717, 1.165) is 18.8 Å². The molecule has 2 heterocycles. The quantitative estimate of drug-likeness (QED) is 0.755. The van der Waals surface area contributed by atoms with Gasteiger partial charge in [0.2, 0.25) is 0 Å². The number of carboxylic acid groups (broad SMARTS) is 2. The molecule has 1 aliphatic heterocycles. The summed E-state index contributed by atoms with van der Waals surface area (Å²) in [5.74, 6) is -3.22. The molecule has 2 rings (SSSR count). The minimum Gasteiger partial charge on any atom is -0.478 e.